The molecule has 5 fully saturated rings. The van der Waals surface area contributed by atoms with Crippen LogP contribution in [0.5, 0.6) is 28.7 Å². The fourth-order valence-corrected chi connectivity index (χ4v) is 20.0. The van der Waals surface area contributed by atoms with E-state index in [0.717, 1.165) is 148 Å². The number of imide groups is 6. The number of aromatic hydroxyl groups is 3. The predicted molar refractivity (Wildman–Crippen MR) is 506 cm³/mol. The number of aryl methyl sites for hydroxylation is 2. The van der Waals surface area contributed by atoms with Gasteiger partial charge in [0.25, 0.3) is 35.4 Å². The van der Waals surface area contributed by atoms with E-state index in [2.05, 4.69) is 189 Å². The van der Waals surface area contributed by atoms with Gasteiger partial charge in [-0.3, -0.25) is 93.1 Å². The molecule has 0 bridgehead atoms. The van der Waals surface area contributed by atoms with E-state index >= 15 is 0 Å². The summed E-state index contributed by atoms with van der Waals surface area (Å²) in [6, 6.07) is 62.4. The number of phenolic OH excluding ortho intramolecular Hbond substituents is 3. The van der Waals surface area contributed by atoms with Crippen molar-refractivity contribution in [2.24, 2.45) is 0 Å². The minimum atomic E-state index is -0.984. The molecule has 8 N–H and O–H groups in total. The molecule has 8 heterocycles. The van der Waals surface area contributed by atoms with Crippen molar-refractivity contribution in [2.45, 2.75) is 145 Å². The first-order valence-electron chi connectivity index (χ1n) is 45.7. The van der Waals surface area contributed by atoms with Gasteiger partial charge in [0, 0.05) is 112 Å². The number of alkyl halides is 2. The predicted octanol–water partition coefficient (Wildman–Crippen LogP) is 12.9. The largest absolute Gasteiger partial charge is 0.508 e. The van der Waals surface area contributed by atoms with Crippen molar-refractivity contribution in [1.82, 2.24) is 40.9 Å². The highest BCUT2D eigenvalue weighted by atomic mass is 79.9. The molecule has 5 saturated heterocycles. The smallest absolute Gasteiger partial charge is 0.262 e. The van der Waals surface area contributed by atoms with Crippen LogP contribution in [-0.4, -0.2) is 218 Å². The van der Waals surface area contributed by atoms with Crippen LogP contribution in [0.2, 0.25) is 0 Å². The molecule has 3 unspecified atom stereocenters. The van der Waals surface area contributed by atoms with Crippen LogP contribution in [0.1, 0.15) is 220 Å². The first-order chi connectivity index (χ1) is 64.6. The van der Waals surface area contributed by atoms with Crippen molar-refractivity contribution < 1.29 is 87.4 Å². The standard InChI is InChI=1S/C43H44N4O6.C26H28N2O.C17H17BrN2O5.C13H10N2O5.C4H9BrO/c48-32-13-16-35-30(26-32)10-15-34(28-6-2-1-3-7-28)40(35)29-8-11-31(12-9-29)46-23-21-45(22-24-46)20-4-5-25-53-33-14-17-36-37(27-33)43(52)47(42(36)51)38-18-19-39(49)44-41(38)50;29-23-11-13-25-21(18-23)8-12-24(19-4-2-1-3-5-19)26(25)20-6-9-22(10-7-20)28-16-14-27-15-17-28;18-7-1-2-8-25-10-3-4-11-12(9-10)17(24)20(16(11)23)13-5-6-14(21)19-15(13)22;16-6-1-2-7-8(5-6)13(20)15(12(7)19)9-3-4-10(17)14-11(9)18;5-3-1-2-4-6/h1-3,6-9,11-14,16-17,26-27,34,38,40,48H,4-5,10,15,18-25H2,(H,44,49,50);1-7,9-11,13,18,24,26-27,29H,8,12,14-17H2;3-4,9,13H,1-2,5-8H2,(H,19,21,22);1-2,5,9,16H,3-4H2,(H,14,17,18);6H,1-4H2/t34-,38?,40+;24-,26+;;;/m11.../s1. The summed E-state index contributed by atoms with van der Waals surface area (Å²) in [4.78, 5) is 156. The molecular formula is C103H108Br2N10O18. The Balaban J connectivity index is 0.000000143. The van der Waals surface area contributed by atoms with E-state index in [4.69, 9.17) is 14.6 Å². The molecule has 2 aliphatic carbocycles. The number of amides is 12. The van der Waals surface area contributed by atoms with Gasteiger partial charge in [0.15, 0.2) is 0 Å². The molecule has 0 spiro atoms. The fraction of sp³-hybridized carbons (Fsp3) is 0.359. The molecule has 7 atom stereocenters. The summed E-state index contributed by atoms with van der Waals surface area (Å²) in [6.45, 7) is 10.5. The van der Waals surface area contributed by atoms with Gasteiger partial charge in [-0.05, 0) is 249 Å². The number of nitrogens with zero attached hydrogens (tertiary/aromatic N) is 6. The van der Waals surface area contributed by atoms with Crippen molar-refractivity contribution in [3.8, 4) is 28.7 Å². The van der Waals surface area contributed by atoms with Gasteiger partial charge in [0.1, 0.15) is 46.9 Å². The first-order valence-corrected chi connectivity index (χ1v) is 47.9. The van der Waals surface area contributed by atoms with Gasteiger partial charge < -0.3 is 45.0 Å². The molecule has 12 amide bonds. The van der Waals surface area contributed by atoms with Crippen molar-refractivity contribution >= 4 is 114 Å². The zero-order chi connectivity index (χ0) is 93.3. The summed E-state index contributed by atoms with van der Waals surface area (Å²) in [5.41, 5.74) is 14.4. The molecule has 10 aliphatic rings. The number of halogens is 2. The molecule has 19 rings (SSSR count). The Kier molecular flexibility index (Phi) is 31.5. The Morgan fingerprint density at radius 2 is 0.714 bits per heavy atom. The van der Waals surface area contributed by atoms with Crippen LogP contribution in [0.4, 0.5) is 11.4 Å². The third-order valence-corrected chi connectivity index (χ3v) is 27.2. The average molecular weight is 1930 g/mol. The van der Waals surface area contributed by atoms with E-state index < -0.39 is 89.0 Å². The van der Waals surface area contributed by atoms with Crippen LogP contribution in [0.15, 0.2) is 200 Å². The third-order valence-electron chi connectivity index (χ3n) is 26.1. The second-order valence-corrected chi connectivity index (χ2v) is 36.1. The number of carbonyl (C=O) groups is 12. The summed E-state index contributed by atoms with van der Waals surface area (Å²) in [5.74, 6) is -3.41. The third kappa shape index (κ3) is 22.1. The van der Waals surface area contributed by atoms with E-state index in [-0.39, 0.29) is 83.6 Å². The number of benzene rings is 9. The summed E-state index contributed by atoms with van der Waals surface area (Å²) >= 11 is 6.59. The van der Waals surface area contributed by atoms with Crippen LogP contribution in [0, 0.1) is 0 Å². The number of anilines is 2. The highest BCUT2D eigenvalue weighted by Gasteiger charge is 2.49. The lowest BCUT2D eigenvalue weighted by molar-refractivity contribution is -0.137. The number of piperidine rings is 3. The van der Waals surface area contributed by atoms with Gasteiger partial charge in [0.2, 0.25) is 35.4 Å². The van der Waals surface area contributed by atoms with Crippen molar-refractivity contribution in [3.05, 3.63) is 278 Å². The van der Waals surface area contributed by atoms with Gasteiger partial charge in [0.05, 0.1) is 46.6 Å². The molecule has 9 aromatic carbocycles. The normalized spacial score (nSPS) is 20.8. The lowest BCUT2D eigenvalue weighted by Crippen LogP contribution is -2.54. The van der Waals surface area contributed by atoms with Crippen LogP contribution in [-0.2, 0) is 41.6 Å². The Labute approximate surface area is 788 Å². The minimum absolute atomic E-state index is 0.0692. The number of nitrogens with one attached hydrogen (secondary N) is 4. The molecule has 133 heavy (non-hydrogen) atoms. The molecule has 0 saturated carbocycles. The number of fused-ring (bicyclic) bond motifs is 5. The number of aliphatic hydroxyl groups excluding tert-OH is 1. The maximum Gasteiger partial charge on any atom is 0.262 e. The number of unbranched alkanes of at least 4 members (excludes halogenated alkanes) is 3. The number of rotatable bonds is 23. The number of phenols is 3. The monoisotopic (exact) mass is 1930 g/mol. The van der Waals surface area contributed by atoms with Crippen LogP contribution in [0.25, 0.3) is 0 Å². The van der Waals surface area contributed by atoms with Crippen molar-refractivity contribution in [3.63, 3.8) is 0 Å². The zero-order valence-corrected chi connectivity index (χ0v) is 76.9. The van der Waals surface area contributed by atoms with Gasteiger partial charge in [-0.15, -0.1) is 0 Å². The Morgan fingerprint density at radius 1 is 0.346 bits per heavy atom. The number of carbonyl (C=O) groups excluding carboxylic acids is 12. The maximum atomic E-state index is 13.1. The maximum absolute atomic E-state index is 13.1. The van der Waals surface area contributed by atoms with Crippen LogP contribution >= 0.6 is 31.9 Å². The summed E-state index contributed by atoms with van der Waals surface area (Å²) < 4.78 is 11.6. The minimum Gasteiger partial charge on any atom is -0.508 e. The van der Waals surface area contributed by atoms with E-state index in [1.165, 1.54) is 80.1 Å². The number of hydrogen-bond acceptors (Lipinski definition) is 22. The lowest BCUT2D eigenvalue weighted by Gasteiger charge is -2.37. The zero-order valence-electron chi connectivity index (χ0n) is 73.8. The summed E-state index contributed by atoms with van der Waals surface area (Å²) in [7, 11) is 0. The second-order valence-electron chi connectivity index (χ2n) is 34.5. The van der Waals surface area contributed by atoms with Crippen molar-refractivity contribution in [2.75, 3.05) is 99.2 Å². The topological polar surface area (TPSA) is 372 Å². The van der Waals surface area contributed by atoms with Crippen LogP contribution < -0.4 is 40.5 Å². The van der Waals surface area contributed by atoms with Gasteiger partial charge in [-0.25, -0.2) is 0 Å². The second kappa shape index (κ2) is 44.2. The Hall–Kier alpha value is -12.7. The number of hydrogen-bond donors (Lipinski definition) is 8. The summed E-state index contributed by atoms with van der Waals surface area (Å²) in [6.07, 6.45) is 10.5. The molecule has 0 radical (unpaired) electrons. The highest BCUT2D eigenvalue weighted by Crippen LogP contribution is 2.50. The molecule has 0 aromatic heterocycles. The number of piperazine rings is 2. The van der Waals surface area contributed by atoms with Gasteiger partial charge in [-0.1, -0.05) is 129 Å². The van der Waals surface area contributed by atoms with E-state index in [0.29, 0.717) is 60.6 Å². The Bertz CT molecular complexity index is 5810. The van der Waals surface area contributed by atoms with E-state index in [9.17, 15) is 72.9 Å². The van der Waals surface area contributed by atoms with E-state index in [1.807, 2.05) is 24.3 Å². The van der Waals surface area contributed by atoms with E-state index in [1.54, 1.807) is 30.3 Å². The quantitative estimate of drug-likeness (QED) is 0.0167. The molecule has 9 aromatic rings. The fourth-order valence-electron chi connectivity index (χ4n) is 19.3. The highest BCUT2D eigenvalue weighted by molar-refractivity contribution is 9.09. The number of aliphatic hydroxyl groups is 1. The first kappa shape index (κ1) is 94.9. The molecular weight excluding hydrogens is 1820 g/mol. The molecule has 692 valence electrons. The van der Waals surface area contributed by atoms with Crippen molar-refractivity contribution in [1.29, 1.82) is 0 Å². The lowest BCUT2D eigenvalue weighted by atomic mass is 9.69. The molecule has 30 heteroatoms. The SMILES string of the molecule is O=C1CCC(N2C(=O)c3ccc(O)cc3C2=O)C(=O)N1.O=C1CCC(N2C(=O)c3ccc(OCCCCBr)cc3C2=O)C(=O)N1.O=C1CCC(N2C(=O)c3ccc(OCCCCN4CCN(c5ccc([C@@H]6c7ccc(O)cc7CC[C@@H]6c6ccccc6)cc5)CC4)cc3C2=O)C(=O)N1.OCCCCBr.Oc1ccc2c(c1)CC[C@H](c1ccccc1)[C@@H]2c1ccc(N2CCNCC2)cc1. The Morgan fingerprint density at radius 3 is 1.11 bits per heavy atom. The van der Waals surface area contributed by atoms with Gasteiger partial charge in [-0.2, -0.15) is 0 Å². The molecule has 28 nitrogen and oxygen atoms in total. The van der Waals surface area contributed by atoms with Crippen LogP contribution in [0.3, 0.4) is 0 Å². The summed E-state index contributed by atoms with van der Waals surface area (Å²) in [5, 5.41) is 49.6. The molecule has 8 aliphatic heterocycles. The average Bonchev–Trinajstić information content (AvgIpc) is 1.76. The van der Waals surface area contributed by atoms with Gasteiger partial charge >= 0.3 is 0 Å². The number of ether oxygens (including phenoxy) is 2.